The summed E-state index contributed by atoms with van der Waals surface area (Å²) in [6.45, 7) is 4.81. The van der Waals surface area contributed by atoms with Gasteiger partial charge in [0.05, 0.1) is 12.3 Å². The number of hydrogen-bond acceptors (Lipinski definition) is 6. The van der Waals surface area contributed by atoms with Gasteiger partial charge in [-0.2, -0.15) is 0 Å². The lowest BCUT2D eigenvalue weighted by Gasteiger charge is -2.12. The van der Waals surface area contributed by atoms with Crippen LogP contribution in [-0.4, -0.2) is 42.8 Å². The zero-order chi connectivity index (χ0) is 24.6. The lowest BCUT2D eigenvalue weighted by Crippen LogP contribution is -2.08. The van der Waals surface area contributed by atoms with Gasteiger partial charge in [-0.1, -0.05) is 73.5 Å². The van der Waals surface area contributed by atoms with E-state index in [9.17, 15) is 4.79 Å². The fourth-order valence-corrected chi connectivity index (χ4v) is 4.13. The van der Waals surface area contributed by atoms with E-state index in [1.54, 1.807) is 13.0 Å². The molecule has 0 spiro atoms. The highest BCUT2D eigenvalue weighted by molar-refractivity contribution is 6.30. The Hall–Kier alpha value is -3.78. The molecule has 0 fully saturated rings. The number of H-pyrrole nitrogens is 1. The van der Waals surface area contributed by atoms with Crippen LogP contribution in [0.1, 0.15) is 43.8 Å². The third-order valence-corrected chi connectivity index (χ3v) is 5.87. The summed E-state index contributed by atoms with van der Waals surface area (Å²) in [7, 11) is 0. The maximum Gasteiger partial charge on any atom is 0.330 e. The Morgan fingerprint density at radius 3 is 2.57 bits per heavy atom. The first-order valence-electron chi connectivity index (χ1n) is 11.6. The molecule has 2 aromatic carbocycles. The maximum absolute atomic E-state index is 11.9. The average Bonchev–Trinajstić information content (AvgIpc) is 3.51. The molecule has 180 valence electrons. The molecule has 2 heterocycles. The van der Waals surface area contributed by atoms with Crippen molar-refractivity contribution in [1.82, 2.24) is 30.2 Å². The molecule has 0 aliphatic carbocycles. The van der Waals surface area contributed by atoms with Crippen LogP contribution in [0.25, 0.3) is 28.6 Å². The Bertz CT molecular complexity index is 1300. The number of esters is 1. The number of rotatable bonds is 10. The molecule has 0 aliphatic heterocycles. The molecule has 0 aliphatic rings. The van der Waals surface area contributed by atoms with Crippen molar-refractivity contribution >= 4 is 23.6 Å². The highest BCUT2D eigenvalue weighted by Crippen LogP contribution is 2.30. The molecular weight excluding hydrogens is 464 g/mol. The Labute approximate surface area is 209 Å². The molecule has 9 heteroatoms. The third-order valence-electron chi connectivity index (χ3n) is 5.59. The number of carbonyl (C=O) groups is 1. The minimum atomic E-state index is -0.406. The SMILES string of the molecule is CCCCc1nc(Cl)c(/C=C/C(=O)OCC)n1Cc1ccc(-c2ccccc2-c2nnn[nH]2)cc1. The molecule has 0 unspecified atom stereocenters. The van der Waals surface area contributed by atoms with E-state index in [1.165, 1.54) is 6.08 Å². The summed E-state index contributed by atoms with van der Waals surface area (Å²) in [6.07, 6.45) is 5.93. The van der Waals surface area contributed by atoms with Gasteiger partial charge in [0.25, 0.3) is 0 Å². The summed E-state index contributed by atoms with van der Waals surface area (Å²) in [5, 5.41) is 14.7. The van der Waals surface area contributed by atoms with Crippen molar-refractivity contribution in [3.8, 4) is 22.5 Å². The number of unbranched alkanes of at least 4 members (excludes halogenated alkanes) is 1. The number of carbonyl (C=O) groups excluding carboxylic acids is 1. The van der Waals surface area contributed by atoms with Crippen molar-refractivity contribution in [2.45, 2.75) is 39.7 Å². The van der Waals surface area contributed by atoms with Gasteiger partial charge in [-0.05, 0) is 46.5 Å². The van der Waals surface area contributed by atoms with E-state index in [4.69, 9.17) is 16.3 Å². The van der Waals surface area contributed by atoms with Crippen molar-refractivity contribution in [3.05, 3.63) is 76.8 Å². The zero-order valence-electron chi connectivity index (χ0n) is 19.7. The largest absolute Gasteiger partial charge is 0.463 e. The molecule has 4 aromatic rings. The second-order valence-electron chi connectivity index (χ2n) is 7.97. The summed E-state index contributed by atoms with van der Waals surface area (Å²) < 4.78 is 7.08. The molecule has 0 bridgehead atoms. The molecule has 0 amide bonds. The number of halogens is 1. The van der Waals surface area contributed by atoms with Crippen LogP contribution in [0, 0.1) is 0 Å². The minimum absolute atomic E-state index is 0.320. The number of hydrogen-bond donors (Lipinski definition) is 1. The standard InChI is InChI=1S/C26H27ClN6O2/c1-3-5-10-23-28-25(27)22(15-16-24(34)35-4-2)33(23)17-18-11-13-19(14-12-18)20-8-6-7-9-21(20)26-29-31-32-30-26/h6-9,11-16H,3-5,10,17H2,1-2H3,(H,29,30,31,32)/b16-15+. The van der Waals surface area contributed by atoms with Crippen LogP contribution in [0.4, 0.5) is 0 Å². The second kappa shape index (κ2) is 11.6. The van der Waals surface area contributed by atoms with Crippen molar-refractivity contribution in [2.24, 2.45) is 0 Å². The molecule has 0 saturated heterocycles. The molecule has 1 N–H and O–H groups in total. The lowest BCUT2D eigenvalue weighted by atomic mass is 9.98. The van der Waals surface area contributed by atoms with E-state index >= 15 is 0 Å². The van der Waals surface area contributed by atoms with Gasteiger partial charge < -0.3 is 9.30 Å². The summed E-state index contributed by atoms with van der Waals surface area (Å²) >= 11 is 6.47. The summed E-state index contributed by atoms with van der Waals surface area (Å²) in [4.78, 5) is 16.4. The molecule has 2 aromatic heterocycles. The molecule has 8 nitrogen and oxygen atoms in total. The Kier molecular flexibility index (Phi) is 8.05. The van der Waals surface area contributed by atoms with Gasteiger partial charge in [0, 0.05) is 24.6 Å². The summed E-state index contributed by atoms with van der Waals surface area (Å²) in [6, 6.07) is 16.3. The number of aromatic nitrogens is 6. The van der Waals surface area contributed by atoms with Crippen LogP contribution in [-0.2, 0) is 22.5 Å². The van der Waals surface area contributed by atoms with Gasteiger partial charge in [-0.15, -0.1) is 5.10 Å². The number of aryl methyl sites for hydroxylation is 1. The van der Waals surface area contributed by atoms with Gasteiger partial charge in [0.1, 0.15) is 5.82 Å². The number of nitrogens with one attached hydrogen (secondary N) is 1. The van der Waals surface area contributed by atoms with E-state index in [-0.39, 0.29) is 0 Å². The Balaban J connectivity index is 1.63. The average molecular weight is 491 g/mol. The Morgan fingerprint density at radius 2 is 1.89 bits per heavy atom. The van der Waals surface area contributed by atoms with Gasteiger partial charge >= 0.3 is 5.97 Å². The third kappa shape index (κ3) is 5.84. The monoisotopic (exact) mass is 490 g/mol. The highest BCUT2D eigenvalue weighted by Gasteiger charge is 2.15. The van der Waals surface area contributed by atoms with Gasteiger partial charge in [-0.3, -0.25) is 0 Å². The molecule has 35 heavy (non-hydrogen) atoms. The molecule has 0 radical (unpaired) electrons. The van der Waals surface area contributed by atoms with Crippen LogP contribution in [0.3, 0.4) is 0 Å². The van der Waals surface area contributed by atoms with Crippen molar-refractivity contribution in [2.75, 3.05) is 6.61 Å². The predicted octanol–water partition coefficient (Wildman–Crippen LogP) is 5.35. The van der Waals surface area contributed by atoms with E-state index < -0.39 is 5.97 Å². The first-order chi connectivity index (χ1) is 17.1. The van der Waals surface area contributed by atoms with Crippen molar-refractivity contribution in [1.29, 1.82) is 0 Å². The first-order valence-corrected chi connectivity index (χ1v) is 12.0. The number of imidazole rings is 1. The number of aromatic amines is 1. The summed E-state index contributed by atoms with van der Waals surface area (Å²) in [5.41, 5.74) is 4.80. The highest BCUT2D eigenvalue weighted by atomic mass is 35.5. The van der Waals surface area contributed by atoms with Crippen LogP contribution in [0.15, 0.2) is 54.6 Å². The van der Waals surface area contributed by atoms with Crippen LogP contribution in [0.2, 0.25) is 5.15 Å². The lowest BCUT2D eigenvalue weighted by molar-refractivity contribution is -0.137. The van der Waals surface area contributed by atoms with E-state index in [0.717, 1.165) is 47.3 Å². The van der Waals surface area contributed by atoms with Crippen LogP contribution >= 0.6 is 11.6 Å². The van der Waals surface area contributed by atoms with Gasteiger partial charge in [0.15, 0.2) is 11.0 Å². The number of benzene rings is 2. The molecule has 4 rings (SSSR count). The van der Waals surface area contributed by atoms with Crippen LogP contribution in [0.5, 0.6) is 0 Å². The molecular formula is C26H27ClN6O2. The fourth-order valence-electron chi connectivity index (χ4n) is 3.87. The van der Waals surface area contributed by atoms with Crippen molar-refractivity contribution < 1.29 is 9.53 Å². The summed E-state index contributed by atoms with van der Waals surface area (Å²) in [5.74, 6) is 1.11. The number of tetrazole rings is 1. The second-order valence-corrected chi connectivity index (χ2v) is 8.33. The van der Waals surface area contributed by atoms with Crippen LogP contribution < -0.4 is 0 Å². The Morgan fingerprint density at radius 1 is 1.11 bits per heavy atom. The van der Waals surface area contributed by atoms with Crippen molar-refractivity contribution in [3.63, 3.8) is 0 Å². The maximum atomic E-state index is 11.9. The quantitative estimate of drug-likeness (QED) is 0.237. The first kappa shape index (κ1) is 24.3. The van der Waals surface area contributed by atoms with E-state index in [1.807, 2.05) is 24.3 Å². The zero-order valence-corrected chi connectivity index (χ0v) is 20.5. The smallest absolute Gasteiger partial charge is 0.330 e. The van der Waals surface area contributed by atoms with Gasteiger partial charge in [0.2, 0.25) is 0 Å². The van der Waals surface area contributed by atoms with E-state index in [0.29, 0.717) is 29.8 Å². The topological polar surface area (TPSA) is 98.6 Å². The minimum Gasteiger partial charge on any atom is -0.463 e. The number of ether oxygens (including phenoxy) is 1. The predicted molar refractivity (Wildman–Crippen MR) is 136 cm³/mol. The van der Waals surface area contributed by atoms with Gasteiger partial charge in [-0.25, -0.2) is 14.9 Å². The molecule has 0 saturated carbocycles. The molecule has 0 atom stereocenters. The van der Waals surface area contributed by atoms with E-state index in [2.05, 4.69) is 61.4 Å². The normalized spacial score (nSPS) is 11.3. The number of nitrogens with zero attached hydrogens (tertiary/aromatic N) is 5. The fraction of sp³-hybridized carbons (Fsp3) is 0.269.